The van der Waals surface area contributed by atoms with E-state index in [0.29, 0.717) is 0 Å². The van der Waals surface area contributed by atoms with Crippen molar-refractivity contribution in [2.75, 3.05) is 0 Å². The first kappa shape index (κ1) is 22.8. The topological polar surface area (TPSA) is 37.3 Å². The van der Waals surface area contributed by atoms with Crippen molar-refractivity contribution in [2.45, 2.75) is 0 Å². The molecule has 0 heterocycles. The van der Waals surface area contributed by atoms with E-state index in [4.69, 9.17) is 9.46 Å². The molecule has 2 radical (unpaired) electrons. The van der Waals surface area contributed by atoms with Crippen LogP contribution in [0.15, 0.2) is 0 Å². The van der Waals surface area contributed by atoms with Crippen LogP contribution in [-0.4, -0.2) is 32.2 Å². The van der Waals surface area contributed by atoms with Crippen LogP contribution in [0.25, 0.3) is 0 Å². The predicted octanol–water partition coefficient (Wildman–Crippen LogP) is -4.80. The van der Waals surface area contributed by atoms with Crippen LogP contribution in [0.2, 0.25) is 0 Å². The first-order valence-electron chi connectivity index (χ1n) is 0.716. The summed E-state index contributed by atoms with van der Waals surface area (Å²) in [4.78, 5) is 7.56. The van der Waals surface area contributed by atoms with Crippen LogP contribution in [0, 0.1) is 0 Å². The Morgan fingerprint density at radius 1 is 1.71 bits per heavy atom. The fourth-order valence-electron chi connectivity index (χ4n) is 0. The van der Waals surface area contributed by atoms with Crippen LogP contribution in [0.5, 0.6) is 0 Å². The fourth-order valence-corrected chi connectivity index (χ4v) is 0. The van der Waals surface area contributed by atoms with Crippen LogP contribution in [0.3, 0.4) is 0 Å². The molecule has 0 aromatic carbocycles. The van der Waals surface area contributed by atoms with Crippen molar-refractivity contribution in [2.24, 2.45) is 0 Å². The predicted molar refractivity (Wildman–Crippen MR) is 29.4 cm³/mol. The molecule has 0 aliphatic carbocycles. The number of hydrogen-bond acceptors (Lipinski definition) is 1. The number of hydrogen-bond donors (Lipinski definition) is 1. The number of rotatable bonds is 0. The van der Waals surface area contributed by atoms with Gasteiger partial charge in [0.05, 0.1) is 0 Å². The van der Waals surface area contributed by atoms with E-state index in [0.717, 1.165) is 0 Å². The molecule has 0 bridgehead atoms. The summed E-state index contributed by atoms with van der Waals surface area (Å²) < 4.78 is 9.15. The van der Waals surface area contributed by atoms with E-state index in [1.54, 1.807) is 9.91 Å². The SMILES string of the molecule is O=[PH](O)[SiH].[AlH3].[H-].[Li+].[Ti]. The Labute approximate surface area is 85.6 Å². The van der Waals surface area contributed by atoms with E-state index in [9.17, 15) is 0 Å². The third-order valence-electron chi connectivity index (χ3n) is 0. The first-order valence-corrected chi connectivity index (χ1v) is 3.88. The van der Waals surface area contributed by atoms with Gasteiger partial charge in [-0.15, -0.1) is 0 Å². The third kappa shape index (κ3) is 63.6. The zero-order valence-corrected chi connectivity index (χ0v) is 7.15. The Kier molecular flexibility index (Phi) is 51.3. The maximum atomic E-state index is 9.15. The molecular formula is H7AlLiO2PSiTi. The minimum Gasteiger partial charge on any atom is -1.00 e. The van der Waals surface area contributed by atoms with Gasteiger partial charge < -0.3 is 10.9 Å². The summed E-state index contributed by atoms with van der Waals surface area (Å²) in [6.45, 7) is 0. The molecule has 0 aliphatic rings. The van der Waals surface area contributed by atoms with Gasteiger partial charge >= 0.3 is 18.9 Å². The molecule has 7 heavy (non-hydrogen) atoms. The van der Waals surface area contributed by atoms with Crippen LogP contribution in [0.4, 0.5) is 0 Å². The molecule has 36 valence electrons. The van der Waals surface area contributed by atoms with Crippen LogP contribution < -0.4 is 18.9 Å². The van der Waals surface area contributed by atoms with E-state index in [2.05, 4.69) is 0 Å². The summed E-state index contributed by atoms with van der Waals surface area (Å²) in [5.74, 6) is 0. The molecule has 2 nitrogen and oxygen atoms in total. The molecule has 1 N–H and O–H groups in total. The van der Waals surface area contributed by atoms with Crippen LogP contribution >= 0.6 is 7.58 Å². The van der Waals surface area contributed by atoms with Gasteiger partial charge in [0.2, 0.25) is 0 Å². The van der Waals surface area contributed by atoms with Crippen molar-refractivity contribution in [1.29, 1.82) is 0 Å². The van der Waals surface area contributed by atoms with Crippen LogP contribution in [-0.2, 0) is 26.3 Å². The van der Waals surface area contributed by atoms with Crippen molar-refractivity contribution in [3.8, 4) is 0 Å². The second kappa shape index (κ2) is 15.7. The standard InChI is InChI=1S/Al.Li.H3O2PSi.Ti.4H/c;;1-3(2)4;;;;;/h;;3-4H,(H,1,2);;;;;/q;+1;;;;;;-1. The Balaban J connectivity index is -0.00000000750. The minimum atomic E-state index is -2.21. The largest absolute Gasteiger partial charge is 1.00 e. The van der Waals surface area contributed by atoms with Gasteiger partial charge in [-0.25, -0.2) is 0 Å². The normalized spacial score (nSPS) is 8.86. The summed E-state index contributed by atoms with van der Waals surface area (Å²) in [5, 5.41) is 0. The van der Waals surface area contributed by atoms with Gasteiger partial charge in [0.25, 0.3) is 0 Å². The maximum Gasteiger partial charge on any atom is 1.00 e. The van der Waals surface area contributed by atoms with Crippen molar-refractivity contribution < 1.29 is 51.5 Å². The molecule has 0 saturated carbocycles. The molecule has 0 aromatic rings. The average molecular weight is 180 g/mol. The van der Waals surface area contributed by atoms with Gasteiger partial charge in [-0.05, 0) is 0 Å². The zero-order chi connectivity index (χ0) is 3.58. The second-order valence-corrected chi connectivity index (χ2v) is 2.50. The Bertz CT molecular complexity index is 45.0. The van der Waals surface area contributed by atoms with Gasteiger partial charge in [-0.3, -0.25) is 0 Å². The summed E-state index contributed by atoms with van der Waals surface area (Å²) >= 11 is 0. The molecule has 0 aliphatic heterocycles. The van der Waals surface area contributed by atoms with E-state index in [1.807, 2.05) is 0 Å². The maximum absolute atomic E-state index is 9.15. The average Bonchev–Trinajstić information content (AvgIpc) is 0.811. The van der Waals surface area contributed by atoms with Crippen molar-refractivity contribution in [3.05, 3.63) is 0 Å². The molecule has 0 aromatic heterocycles. The summed E-state index contributed by atoms with van der Waals surface area (Å²) in [5.41, 5.74) is 0. The van der Waals surface area contributed by atoms with E-state index in [1.165, 1.54) is 0 Å². The quantitative estimate of drug-likeness (QED) is 0.300. The summed E-state index contributed by atoms with van der Waals surface area (Å²) in [6.07, 6.45) is 0. The van der Waals surface area contributed by atoms with Crippen molar-refractivity contribution in [1.82, 2.24) is 0 Å². The van der Waals surface area contributed by atoms with E-state index >= 15 is 0 Å². The zero-order valence-electron chi connectivity index (χ0n) is 4.43. The van der Waals surface area contributed by atoms with Crippen LogP contribution in [0.1, 0.15) is 1.43 Å². The second-order valence-electron chi connectivity index (χ2n) is 0.338. The molecule has 0 rings (SSSR count). The monoisotopic (exact) mass is 180 g/mol. The Morgan fingerprint density at radius 3 is 1.71 bits per heavy atom. The minimum absolute atomic E-state index is 0. The first-order chi connectivity index (χ1) is 1.73. The third-order valence-corrected chi connectivity index (χ3v) is 0. The van der Waals surface area contributed by atoms with Gasteiger partial charge in [0.1, 0.15) is 9.91 Å². The molecular weight excluding hydrogens is 173 g/mol. The van der Waals surface area contributed by atoms with Gasteiger partial charge in [-0.1, -0.05) is 0 Å². The summed E-state index contributed by atoms with van der Waals surface area (Å²) in [7, 11) is -0.454. The summed E-state index contributed by atoms with van der Waals surface area (Å²) in [6, 6.07) is 0. The molecule has 1 unspecified atom stereocenters. The Hall–Kier alpha value is 2.25. The van der Waals surface area contributed by atoms with Crippen molar-refractivity contribution in [3.63, 3.8) is 0 Å². The van der Waals surface area contributed by atoms with Gasteiger partial charge in [0.15, 0.2) is 24.9 Å². The molecule has 0 saturated heterocycles. The Morgan fingerprint density at radius 2 is 1.71 bits per heavy atom. The molecule has 0 fully saturated rings. The molecule has 1 atom stereocenters. The van der Waals surface area contributed by atoms with Gasteiger partial charge in [0, 0.05) is 21.7 Å². The smallest absolute Gasteiger partial charge is 1.00 e. The fraction of sp³-hybridized carbons (Fsp3) is 0. The molecule has 0 amide bonds. The van der Waals surface area contributed by atoms with E-state index in [-0.39, 0.29) is 59.4 Å². The van der Waals surface area contributed by atoms with Gasteiger partial charge in [-0.2, -0.15) is 0 Å². The van der Waals surface area contributed by atoms with Crippen molar-refractivity contribution >= 4 is 34.8 Å². The molecule has 7 heteroatoms. The molecule has 0 spiro atoms. The van der Waals surface area contributed by atoms with E-state index < -0.39 is 7.58 Å².